The van der Waals surface area contributed by atoms with Crippen LogP contribution in [0.15, 0.2) is 82.4 Å². The van der Waals surface area contributed by atoms with Crippen LogP contribution in [0, 0.1) is 0 Å². The minimum Gasteiger partial charge on any atom is -0.143 e. The Balaban J connectivity index is 1.06. The topological polar surface area (TPSA) is 0 Å². The van der Waals surface area contributed by atoms with Gasteiger partial charge in [-0.25, -0.2) is 0 Å². The molecule has 9 heteroatoms. The first-order chi connectivity index (χ1) is 32.0. The van der Waals surface area contributed by atoms with Gasteiger partial charge in [-0.15, -0.1) is 103 Å². The lowest BCUT2D eigenvalue weighted by molar-refractivity contribution is 0.667. The zero-order valence-corrected chi connectivity index (χ0v) is 46.3. The molecule has 0 aliphatic carbocycles. The van der Waals surface area contributed by atoms with E-state index in [2.05, 4.69) is 117 Å². The van der Waals surface area contributed by atoms with Crippen LogP contribution < -0.4 is 0 Å². The predicted octanol–water partition coefficient (Wildman–Crippen LogP) is 22.6. The van der Waals surface area contributed by atoms with Gasteiger partial charge in [0.05, 0.1) is 4.21 Å². The molecule has 0 N–H and O–H groups in total. The largest absolute Gasteiger partial charge is 0.143 e. The maximum Gasteiger partial charge on any atom is 0.0577 e. The zero-order valence-electron chi connectivity index (χ0n) is 38.9. The molecule has 65 heavy (non-hydrogen) atoms. The summed E-state index contributed by atoms with van der Waals surface area (Å²) in [6.07, 6.45) is 25.4. The second kappa shape index (κ2) is 25.0. The Morgan fingerprint density at radius 2 is 0.662 bits per heavy atom. The maximum absolute atomic E-state index is 4.79. The highest BCUT2D eigenvalue weighted by Crippen LogP contribution is 2.51. The molecule has 8 aromatic heterocycles. The van der Waals surface area contributed by atoms with E-state index in [4.69, 9.17) is 12.6 Å². The van der Waals surface area contributed by atoms with Crippen LogP contribution in [0.2, 0.25) is 0 Å². The minimum atomic E-state index is 1.13. The van der Waals surface area contributed by atoms with Crippen molar-refractivity contribution < 1.29 is 0 Å². The van der Waals surface area contributed by atoms with Crippen LogP contribution in [0.25, 0.3) is 68.3 Å². The molecule has 0 fully saturated rings. The van der Waals surface area contributed by atoms with E-state index in [1.165, 1.54) is 189 Å². The summed E-state index contributed by atoms with van der Waals surface area (Å²) >= 11 is 20.6. The van der Waals surface area contributed by atoms with E-state index in [0.717, 1.165) is 23.5 Å². The van der Waals surface area contributed by atoms with Gasteiger partial charge in [0, 0.05) is 68.3 Å². The van der Waals surface area contributed by atoms with Gasteiger partial charge in [-0.3, -0.25) is 0 Å². The van der Waals surface area contributed by atoms with E-state index >= 15 is 0 Å². The highest BCUT2D eigenvalue weighted by atomic mass is 32.2. The number of thiol groups is 1. The lowest BCUT2D eigenvalue weighted by Gasteiger charge is -2.02. The van der Waals surface area contributed by atoms with Crippen LogP contribution >= 0.6 is 103 Å². The summed E-state index contributed by atoms with van der Waals surface area (Å²) in [6.45, 7) is 9.24. The van der Waals surface area contributed by atoms with Gasteiger partial charge in [0.25, 0.3) is 0 Å². The Hall–Kier alpha value is -2.05. The fourth-order valence-corrected chi connectivity index (χ4v) is 18.4. The smallest absolute Gasteiger partial charge is 0.0577 e. The molecular formula is C56H66S9. The summed E-state index contributed by atoms with van der Waals surface area (Å²) in [5.74, 6) is 0. The van der Waals surface area contributed by atoms with E-state index in [-0.39, 0.29) is 0 Å². The van der Waals surface area contributed by atoms with Crippen molar-refractivity contribution in [3.63, 3.8) is 0 Å². The molecule has 344 valence electrons. The molecule has 8 heterocycles. The van der Waals surface area contributed by atoms with Crippen molar-refractivity contribution in [1.82, 2.24) is 0 Å². The number of hydrogen-bond acceptors (Lipinski definition) is 9. The Kier molecular flexibility index (Phi) is 19.0. The molecule has 0 saturated heterocycles. The fraction of sp³-hybridized carbons (Fsp3) is 0.429. The summed E-state index contributed by atoms with van der Waals surface area (Å²) in [5, 5.41) is 2.30. The van der Waals surface area contributed by atoms with E-state index in [9.17, 15) is 0 Å². The summed E-state index contributed by atoms with van der Waals surface area (Å²) < 4.78 is 1.13. The maximum atomic E-state index is 4.79. The molecule has 0 bridgehead atoms. The first-order valence-corrected chi connectivity index (χ1v) is 31.6. The second-order valence-corrected chi connectivity index (χ2v) is 26.7. The number of aryl methyl sites for hydroxylation is 4. The molecular weight excluding hydrogens is 961 g/mol. The summed E-state index contributed by atoms with van der Waals surface area (Å²) in [4.78, 5) is 20.0. The number of unbranched alkanes of at least 4 members (excludes halogenated alkanes) is 12. The van der Waals surface area contributed by atoms with E-state index < -0.39 is 0 Å². The molecule has 0 aromatic carbocycles. The normalized spacial score (nSPS) is 11.8. The third kappa shape index (κ3) is 12.8. The highest BCUT2D eigenvalue weighted by molar-refractivity contribution is 7.83. The first kappa shape index (κ1) is 49.4. The molecule has 0 amide bonds. The predicted molar refractivity (Wildman–Crippen MR) is 306 cm³/mol. The third-order valence-electron chi connectivity index (χ3n) is 12.4. The van der Waals surface area contributed by atoms with Gasteiger partial charge in [0.15, 0.2) is 0 Å². The lowest BCUT2D eigenvalue weighted by Crippen LogP contribution is -1.86. The molecule has 8 rings (SSSR count). The van der Waals surface area contributed by atoms with Gasteiger partial charge in [-0.05, 0) is 152 Å². The van der Waals surface area contributed by atoms with Crippen molar-refractivity contribution in [1.29, 1.82) is 0 Å². The van der Waals surface area contributed by atoms with Crippen LogP contribution in [0.4, 0.5) is 0 Å². The highest BCUT2D eigenvalue weighted by Gasteiger charge is 2.22. The first-order valence-electron chi connectivity index (χ1n) is 24.5. The molecule has 0 nitrogen and oxygen atoms in total. The third-order valence-corrected chi connectivity index (χ3v) is 22.7. The van der Waals surface area contributed by atoms with Crippen LogP contribution in [-0.2, 0) is 25.7 Å². The Morgan fingerprint density at radius 3 is 1.15 bits per heavy atom. The average Bonchev–Trinajstić information content (AvgIpc) is 4.16. The van der Waals surface area contributed by atoms with Gasteiger partial charge in [-0.2, -0.15) is 0 Å². The summed E-state index contributed by atoms with van der Waals surface area (Å²) in [7, 11) is 0. The van der Waals surface area contributed by atoms with Gasteiger partial charge in [0.2, 0.25) is 0 Å². The van der Waals surface area contributed by atoms with Crippen LogP contribution in [0.1, 0.15) is 153 Å². The zero-order chi connectivity index (χ0) is 45.0. The van der Waals surface area contributed by atoms with Gasteiger partial charge < -0.3 is 0 Å². The minimum absolute atomic E-state index is 1.13. The van der Waals surface area contributed by atoms with Crippen LogP contribution in [0.3, 0.4) is 0 Å². The SMILES string of the molecule is CCCCCCc1ccsc1-c1ccc(-c2ccc(-c3sc(-c4sc(-c5ccc(-c6ccc(-c7sc(S)cc7CCCCCC)s6)s5)cc4CCCCCC)cc3CCCCCC)s2)s1. The monoisotopic (exact) mass is 1030 g/mol. The van der Waals surface area contributed by atoms with Crippen molar-refractivity contribution in [2.45, 2.75) is 160 Å². The average molecular weight is 1030 g/mol. The Bertz CT molecular complexity index is 2650. The number of hydrogen-bond donors (Lipinski definition) is 1. The molecule has 0 saturated carbocycles. The van der Waals surface area contributed by atoms with E-state index in [1.54, 1.807) is 11.1 Å². The standard InChI is InChI=1S/C56H66S9/c1-5-9-13-17-21-38-33-34-58-53(38)47-30-27-44(60-47)45-28-31-48(61-45)54-40(23-19-15-11-7-3)36-51(64-54)56-39(22-18-14-10-6-2)35-50(63-56)46-26-25-42(59-46)43-29-32-49(62-43)55-41(37-52(57)65-55)24-20-16-12-8-4/h25-37,57H,5-24H2,1-4H3. The quantitative estimate of drug-likeness (QED) is 0.0385. The van der Waals surface area contributed by atoms with Crippen LogP contribution in [-0.4, -0.2) is 0 Å². The summed E-state index contributed by atoms with van der Waals surface area (Å²) in [6, 6.07) is 28.9. The van der Waals surface area contributed by atoms with Crippen molar-refractivity contribution in [2.24, 2.45) is 0 Å². The van der Waals surface area contributed by atoms with Gasteiger partial charge in [-0.1, -0.05) is 105 Å². The van der Waals surface area contributed by atoms with Crippen molar-refractivity contribution in [3.8, 4) is 68.3 Å². The van der Waals surface area contributed by atoms with Gasteiger partial charge in [0.1, 0.15) is 0 Å². The van der Waals surface area contributed by atoms with Crippen LogP contribution in [0.5, 0.6) is 0 Å². The number of thiophene rings is 8. The van der Waals surface area contributed by atoms with E-state index in [0.29, 0.717) is 0 Å². The Labute approximate surface area is 428 Å². The number of rotatable bonds is 27. The molecule has 8 aromatic rings. The van der Waals surface area contributed by atoms with Gasteiger partial charge >= 0.3 is 0 Å². The fourth-order valence-electron chi connectivity index (χ4n) is 8.79. The van der Waals surface area contributed by atoms with Crippen molar-refractivity contribution in [3.05, 3.63) is 100 Å². The molecule has 0 spiro atoms. The molecule has 0 radical (unpaired) electrons. The second-order valence-electron chi connectivity index (χ2n) is 17.5. The molecule has 0 unspecified atom stereocenters. The molecule has 0 aliphatic rings. The summed E-state index contributed by atoms with van der Waals surface area (Å²) in [5.41, 5.74) is 6.10. The van der Waals surface area contributed by atoms with E-state index in [1.807, 2.05) is 79.4 Å². The molecule has 0 atom stereocenters. The van der Waals surface area contributed by atoms with Crippen molar-refractivity contribution >= 4 is 103 Å². The Morgan fingerprint density at radius 1 is 0.308 bits per heavy atom. The lowest BCUT2D eigenvalue weighted by atomic mass is 10.0. The molecule has 0 aliphatic heterocycles. The van der Waals surface area contributed by atoms with Crippen molar-refractivity contribution in [2.75, 3.05) is 0 Å².